The Labute approximate surface area is 169 Å². The van der Waals surface area contributed by atoms with Gasteiger partial charge in [-0.1, -0.05) is 42.5 Å². The Balaban J connectivity index is 1.68. The van der Waals surface area contributed by atoms with E-state index in [1.165, 1.54) is 5.56 Å². The number of rotatable bonds is 7. The quantitative estimate of drug-likeness (QED) is 0.466. The number of anilines is 3. The van der Waals surface area contributed by atoms with Crippen LogP contribution in [0.5, 0.6) is 11.5 Å². The van der Waals surface area contributed by atoms with Gasteiger partial charge in [0.2, 0.25) is 5.95 Å². The van der Waals surface area contributed by atoms with E-state index in [-0.39, 0.29) is 0 Å². The fourth-order valence-corrected chi connectivity index (χ4v) is 3.08. The molecule has 0 spiro atoms. The standard InChI is InChI=1S/C23H22N4O2/c1-28-17-12-13-21(29-2)20(14-17)26-23-25-19-11-7-6-10-18(19)22(27-23)24-15-16-8-4-3-5-9-16/h3-14H,15H2,1-2H3,(H2,24,25,26,27). The molecule has 0 bridgehead atoms. The number of hydrogen-bond donors (Lipinski definition) is 2. The monoisotopic (exact) mass is 386 g/mol. The van der Waals surface area contributed by atoms with Crippen LogP contribution in [0.2, 0.25) is 0 Å². The molecular formula is C23H22N4O2. The van der Waals surface area contributed by atoms with Crippen LogP contribution in [0.4, 0.5) is 17.5 Å². The molecule has 29 heavy (non-hydrogen) atoms. The molecule has 6 nitrogen and oxygen atoms in total. The average molecular weight is 386 g/mol. The summed E-state index contributed by atoms with van der Waals surface area (Å²) in [5, 5.41) is 7.66. The number of nitrogens with zero attached hydrogens (tertiary/aromatic N) is 2. The minimum atomic E-state index is 0.478. The van der Waals surface area contributed by atoms with E-state index in [1.807, 2.05) is 60.7 Å². The third-order valence-corrected chi connectivity index (χ3v) is 4.56. The van der Waals surface area contributed by atoms with E-state index in [0.29, 0.717) is 18.2 Å². The maximum Gasteiger partial charge on any atom is 0.229 e. The van der Waals surface area contributed by atoms with Crippen molar-refractivity contribution in [2.24, 2.45) is 0 Å². The van der Waals surface area contributed by atoms with Crippen molar-refractivity contribution in [1.29, 1.82) is 0 Å². The molecule has 0 aliphatic carbocycles. The van der Waals surface area contributed by atoms with Gasteiger partial charge in [-0.2, -0.15) is 4.98 Å². The number of hydrogen-bond acceptors (Lipinski definition) is 6. The first kappa shape index (κ1) is 18.6. The molecule has 0 aliphatic rings. The van der Waals surface area contributed by atoms with Crippen molar-refractivity contribution in [3.8, 4) is 11.5 Å². The summed E-state index contributed by atoms with van der Waals surface area (Å²) in [4.78, 5) is 9.37. The number of benzene rings is 3. The molecule has 0 saturated heterocycles. The minimum Gasteiger partial charge on any atom is -0.497 e. The molecule has 4 aromatic rings. The Morgan fingerprint density at radius 3 is 2.41 bits per heavy atom. The second kappa shape index (κ2) is 8.48. The van der Waals surface area contributed by atoms with Gasteiger partial charge in [-0.05, 0) is 29.8 Å². The van der Waals surface area contributed by atoms with Crippen molar-refractivity contribution in [2.45, 2.75) is 6.54 Å². The predicted molar refractivity (Wildman–Crippen MR) is 116 cm³/mol. The highest BCUT2D eigenvalue weighted by molar-refractivity contribution is 5.90. The third-order valence-electron chi connectivity index (χ3n) is 4.56. The lowest BCUT2D eigenvalue weighted by Crippen LogP contribution is -2.06. The van der Waals surface area contributed by atoms with E-state index in [0.717, 1.165) is 28.2 Å². The van der Waals surface area contributed by atoms with Crippen LogP contribution in [-0.2, 0) is 6.54 Å². The molecule has 1 heterocycles. The SMILES string of the molecule is COc1ccc(OC)c(Nc2nc(NCc3ccccc3)c3ccccc3n2)c1. The van der Waals surface area contributed by atoms with E-state index in [4.69, 9.17) is 14.5 Å². The Kier molecular flexibility index (Phi) is 5.42. The second-order valence-electron chi connectivity index (χ2n) is 6.44. The Morgan fingerprint density at radius 2 is 1.62 bits per heavy atom. The number of aromatic nitrogens is 2. The summed E-state index contributed by atoms with van der Waals surface area (Å²) in [6.07, 6.45) is 0. The highest BCUT2D eigenvalue weighted by atomic mass is 16.5. The first-order chi connectivity index (χ1) is 14.3. The molecule has 0 saturated carbocycles. The topological polar surface area (TPSA) is 68.3 Å². The molecule has 0 radical (unpaired) electrons. The summed E-state index contributed by atoms with van der Waals surface area (Å²) >= 11 is 0. The Hall–Kier alpha value is -3.80. The zero-order valence-electron chi connectivity index (χ0n) is 16.3. The van der Waals surface area contributed by atoms with Gasteiger partial charge >= 0.3 is 0 Å². The zero-order chi connectivity index (χ0) is 20.1. The van der Waals surface area contributed by atoms with E-state index >= 15 is 0 Å². The number of fused-ring (bicyclic) bond motifs is 1. The highest BCUT2D eigenvalue weighted by Gasteiger charge is 2.11. The van der Waals surface area contributed by atoms with Gasteiger partial charge in [-0.25, -0.2) is 4.98 Å². The lowest BCUT2D eigenvalue weighted by molar-refractivity contribution is 0.405. The number of nitrogens with one attached hydrogen (secondary N) is 2. The van der Waals surface area contributed by atoms with Gasteiger partial charge in [0.05, 0.1) is 25.4 Å². The van der Waals surface area contributed by atoms with Crippen LogP contribution < -0.4 is 20.1 Å². The molecule has 1 aromatic heterocycles. The largest absolute Gasteiger partial charge is 0.497 e. The Bertz CT molecular complexity index is 1120. The van der Waals surface area contributed by atoms with Gasteiger partial charge in [0.25, 0.3) is 0 Å². The van der Waals surface area contributed by atoms with Crippen LogP contribution in [-0.4, -0.2) is 24.2 Å². The summed E-state index contributed by atoms with van der Waals surface area (Å²) in [7, 11) is 3.25. The average Bonchev–Trinajstić information content (AvgIpc) is 2.78. The number of methoxy groups -OCH3 is 2. The Morgan fingerprint density at radius 1 is 0.828 bits per heavy atom. The van der Waals surface area contributed by atoms with Crippen molar-refractivity contribution < 1.29 is 9.47 Å². The molecule has 146 valence electrons. The van der Waals surface area contributed by atoms with Gasteiger partial charge in [0.1, 0.15) is 17.3 Å². The van der Waals surface area contributed by atoms with Crippen molar-refractivity contribution in [2.75, 3.05) is 24.9 Å². The van der Waals surface area contributed by atoms with Gasteiger partial charge in [0, 0.05) is 18.0 Å². The first-order valence-corrected chi connectivity index (χ1v) is 9.30. The molecular weight excluding hydrogens is 364 g/mol. The normalized spacial score (nSPS) is 10.6. The van der Waals surface area contributed by atoms with Crippen molar-refractivity contribution in [3.63, 3.8) is 0 Å². The van der Waals surface area contributed by atoms with Crippen LogP contribution in [0.1, 0.15) is 5.56 Å². The van der Waals surface area contributed by atoms with Crippen LogP contribution >= 0.6 is 0 Å². The maximum atomic E-state index is 5.45. The molecule has 6 heteroatoms. The summed E-state index contributed by atoms with van der Waals surface area (Å²) in [5.41, 5.74) is 2.76. The molecule has 0 aliphatic heterocycles. The summed E-state index contributed by atoms with van der Waals surface area (Å²) in [5.74, 6) is 2.65. The molecule has 4 rings (SSSR count). The summed E-state index contributed by atoms with van der Waals surface area (Å²) < 4.78 is 10.8. The lowest BCUT2D eigenvalue weighted by atomic mass is 10.2. The maximum absolute atomic E-state index is 5.45. The van der Waals surface area contributed by atoms with Crippen molar-refractivity contribution >= 4 is 28.4 Å². The van der Waals surface area contributed by atoms with Gasteiger partial charge in [0.15, 0.2) is 0 Å². The molecule has 2 N–H and O–H groups in total. The van der Waals surface area contributed by atoms with Crippen molar-refractivity contribution in [3.05, 3.63) is 78.4 Å². The zero-order valence-corrected chi connectivity index (χ0v) is 16.3. The smallest absolute Gasteiger partial charge is 0.229 e. The molecule has 3 aromatic carbocycles. The number of para-hydroxylation sites is 1. The predicted octanol–water partition coefficient (Wildman–Crippen LogP) is 5.00. The van der Waals surface area contributed by atoms with Gasteiger partial charge < -0.3 is 20.1 Å². The molecule has 0 amide bonds. The van der Waals surface area contributed by atoms with Crippen LogP contribution in [0.15, 0.2) is 72.8 Å². The van der Waals surface area contributed by atoms with Crippen LogP contribution in [0.25, 0.3) is 10.9 Å². The first-order valence-electron chi connectivity index (χ1n) is 9.30. The second-order valence-corrected chi connectivity index (χ2v) is 6.44. The van der Waals surface area contributed by atoms with Gasteiger partial charge in [-0.3, -0.25) is 0 Å². The van der Waals surface area contributed by atoms with Crippen LogP contribution in [0, 0.1) is 0 Å². The number of ether oxygens (including phenoxy) is 2. The van der Waals surface area contributed by atoms with Crippen LogP contribution in [0.3, 0.4) is 0 Å². The van der Waals surface area contributed by atoms with Crippen molar-refractivity contribution in [1.82, 2.24) is 9.97 Å². The van der Waals surface area contributed by atoms with E-state index < -0.39 is 0 Å². The molecule has 0 fully saturated rings. The van der Waals surface area contributed by atoms with E-state index in [9.17, 15) is 0 Å². The van der Waals surface area contributed by atoms with E-state index in [1.54, 1.807) is 14.2 Å². The summed E-state index contributed by atoms with van der Waals surface area (Å²) in [6, 6.07) is 23.7. The minimum absolute atomic E-state index is 0.478. The highest BCUT2D eigenvalue weighted by Crippen LogP contribution is 2.32. The molecule has 0 atom stereocenters. The summed E-state index contributed by atoms with van der Waals surface area (Å²) in [6.45, 7) is 0.670. The third kappa shape index (κ3) is 4.21. The van der Waals surface area contributed by atoms with E-state index in [2.05, 4.69) is 27.8 Å². The molecule has 0 unspecified atom stereocenters. The lowest BCUT2D eigenvalue weighted by Gasteiger charge is -2.14. The fourth-order valence-electron chi connectivity index (χ4n) is 3.08. The van der Waals surface area contributed by atoms with Gasteiger partial charge in [-0.15, -0.1) is 0 Å². The fraction of sp³-hybridized carbons (Fsp3) is 0.130.